The van der Waals surface area contributed by atoms with Gasteiger partial charge in [0.15, 0.2) is 0 Å². The molecule has 0 aliphatic rings. The molecule has 17 heavy (non-hydrogen) atoms. The van der Waals surface area contributed by atoms with Crippen LogP contribution in [0.5, 0.6) is 0 Å². The number of benzene rings is 1. The first kappa shape index (κ1) is 12.6. The third-order valence-corrected chi connectivity index (χ3v) is 4.77. The van der Waals surface area contributed by atoms with Gasteiger partial charge in [0.1, 0.15) is 5.82 Å². The summed E-state index contributed by atoms with van der Waals surface area (Å²) in [4.78, 5) is 14.7. The van der Waals surface area contributed by atoms with Crippen LogP contribution in [-0.2, 0) is 0 Å². The molecule has 0 saturated heterocycles. The first-order valence-corrected chi connectivity index (χ1v) is 6.95. The zero-order valence-electron chi connectivity index (χ0n) is 9.10. The maximum absolute atomic E-state index is 11.8. The van der Waals surface area contributed by atoms with Gasteiger partial charge in [-0.2, -0.15) is 4.68 Å². The van der Waals surface area contributed by atoms with E-state index >= 15 is 0 Å². The van der Waals surface area contributed by atoms with Gasteiger partial charge < -0.3 is 0 Å². The number of aromatic amines is 1. The van der Waals surface area contributed by atoms with Crippen LogP contribution in [0.2, 0.25) is 0 Å². The molecule has 0 bridgehead atoms. The molecule has 0 radical (unpaired) electrons. The minimum Gasteiger partial charge on any atom is -0.291 e. The van der Waals surface area contributed by atoms with Crippen LogP contribution in [0.25, 0.3) is 5.69 Å². The lowest BCUT2D eigenvalue weighted by atomic mass is 10.3. The smallest absolute Gasteiger partial charge is 0.291 e. The second kappa shape index (κ2) is 5.18. The Labute approximate surface area is 115 Å². The van der Waals surface area contributed by atoms with E-state index in [0.29, 0.717) is 5.82 Å². The van der Waals surface area contributed by atoms with Crippen molar-refractivity contribution < 1.29 is 0 Å². The van der Waals surface area contributed by atoms with Gasteiger partial charge in [-0.3, -0.25) is 4.98 Å². The summed E-state index contributed by atoms with van der Waals surface area (Å²) in [7, 11) is 0. The molecule has 90 valence electrons. The van der Waals surface area contributed by atoms with Crippen LogP contribution in [0.1, 0.15) is 17.6 Å². The Bertz CT molecular complexity index is 547. The second-order valence-electron chi connectivity index (χ2n) is 3.64. The van der Waals surface area contributed by atoms with Crippen LogP contribution in [0, 0.1) is 0 Å². The highest BCUT2D eigenvalue weighted by molar-refractivity contribution is 9.12. The van der Waals surface area contributed by atoms with E-state index in [4.69, 9.17) is 0 Å². The highest BCUT2D eigenvalue weighted by Crippen LogP contribution is 2.27. The fourth-order valence-electron chi connectivity index (χ4n) is 1.43. The van der Waals surface area contributed by atoms with Gasteiger partial charge in [0.25, 0.3) is 0 Å². The number of rotatable bonds is 3. The van der Waals surface area contributed by atoms with E-state index in [9.17, 15) is 4.79 Å². The Balaban J connectivity index is 2.42. The Morgan fingerprint density at radius 1 is 1.29 bits per heavy atom. The van der Waals surface area contributed by atoms with E-state index in [1.54, 1.807) is 0 Å². The molecule has 0 amide bonds. The standard InChI is InChI=1S/C11H11Br2N3O/c1-7(12)9(13)10-14-11(17)16(15-10)8-5-3-2-4-6-8/h2-7,9H,1H3,(H,14,15,17)/t7-,9+/m1/s1. The molecule has 4 nitrogen and oxygen atoms in total. The summed E-state index contributed by atoms with van der Waals surface area (Å²) in [6.45, 7) is 1.99. The van der Waals surface area contributed by atoms with Crippen LogP contribution in [0.4, 0.5) is 0 Å². The van der Waals surface area contributed by atoms with Crippen molar-refractivity contribution in [3.05, 3.63) is 46.6 Å². The lowest BCUT2D eigenvalue weighted by Crippen LogP contribution is -2.15. The summed E-state index contributed by atoms with van der Waals surface area (Å²) < 4.78 is 1.36. The number of para-hydroxylation sites is 1. The molecule has 0 fully saturated rings. The molecular formula is C11H11Br2N3O. The molecule has 0 aliphatic heterocycles. The lowest BCUT2D eigenvalue weighted by molar-refractivity contribution is 0.797. The molecule has 1 aromatic carbocycles. The predicted molar refractivity (Wildman–Crippen MR) is 74.2 cm³/mol. The van der Waals surface area contributed by atoms with Crippen LogP contribution in [0.3, 0.4) is 0 Å². The molecule has 1 heterocycles. The van der Waals surface area contributed by atoms with Crippen LogP contribution in [0.15, 0.2) is 35.1 Å². The molecule has 0 saturated carbocycles. The van der Waals surface area contributed by atoms with E-state index in [0.717, 1.165) is 5.69 Å². The van der Waals surface area contributed by atoms with Crippen molar-refractivity contribution in [1.29, 1.82) is 0 Å². The Hall–Kier alpha value is -0.880. The van der Waals surface area contributed by atoms with Gasteiger partial charge in [0.05, 0.1) is 10.5 Å². The number of halogens is 2. The fraction of sp³-hybridized carbons (Fsp3) is 0.273. The predicted octanol–water partition coefficient (Wildman–Crippen LogP) is 2.78. The normalized spacial score (nSPS) is 14.5. The van der Waals surface area contributed by atoms with Gasteiger partial charge in [0, 0.05) is 4.83 Å². The molecule has 1 aromatic heterocycles. The van der Waals surface area contributed by atoms with Crippen molar-refractivity contribution in [1.82, 2.24) is 14.8 Å². The molecule has 2 aromatic rings. The summed E-state index contributed by atoms with van der Waals surface area (Å²) in [5.74, 6) is 0.614. The molecule has 1 N–H and O–H groups in total. The van der Waals surface area contributed by atoms with E-state index in [2.05, 4.69) is 41.9 Å². The number of aromatic nitrogens is 3. The van der Waals surface area contributed by atoms with Gasteiger partial charge in [0.2, 0.25) is 0 Å². The quantitative estimate of drug-likeness (QED) is 0.855. The minimum absolute atomic E-state index is 0.0276. The molecule has 2 atom stereocenters. The lowest BCUT2D eigenvalue weighted by Gasteiger charge is -2.07. The number of nitrogens with one attached hydrogen (secondary N) is 1. The number of alkyl halides is 2. The third-order valence-electron chi connectivity index (χ3n) is 2.30. The molecule has 0 aliphatic carbocycles. The SMILES string of the molecule is C[C@@H](Br)[C@H](Br)c1nn(-c2ccccc2)c(=O)[nH]1. The Morgan fingerprint density at radius 3 is 2.53 bits per heavy atom. The number of H-pyrrole nitrogens is 1. The van der Waals surface area contributed by atoms with Gasteiger partial charge >= 0.3 is 5.69 Å². The average Bonchev–Trinajstić information content (AvgIpc) is 2.71. The monoisotopic (exact) mass is 359 g/mol. The van der Waals surface area contributed by atoms with Crippen molar-refractivity contribution in [3.8, 4) is 5.69 Å². The van der Waals surface area contributed by atoms with Crippen molar-refractivity contribution in [2.24, 2.45) is 0 Å². The molecule has 0 unspecified atom stereocenters. The van der Waals surface area contributed by atoms with Gasteiger partial charge in [-0.1, -0.05) is 57.0 Å². The number of hydrogen-bond acceptors (Lipinski definition) is 2. The molecule has 6 heteroatoms. The van der Waals surface area contributed by atoms with Crippen LogP contribution >= 0.6 is 31.9 Å². The third kappa shape index (κ3) is 2.69. The Morgan fingerprint density at radius 2 is 1.94 bits per heavy atom. The van der Waals surface area contributed by atoms with E-state index in [-0.39, 0.29) is 15.3 Å². The molecular weight excluding hydrogens is 350 g/mol. The first-order chi connectivity index (χ1) is 8.09. The summed E-state index contributed by atoms with van der Waals surface area (Å²) in [5, 5.41) is 4.27. The molecule has 0 spiro atoms. The fourth-order valence-corrected chi connectivity index (χ4v) is 1.88. The maximum Gasteiger partial charge on any atom is 0.348 e. The number of hydrogen-bond donors (Lipinski definition) is 1. The zero-order chi connectivity index (χ0) is 12.4. The summed E-state index contributed by atoms with van der Waals surface area (Å²) in [6.07, 6.45) is 0. The van der Waals surface area contributed by atoms with E-state index in [1.807, 2.05) is 37.3 Å². The maximum atomic E-state index is 11.8. The highest BCUT2D eigenvalue weighted by atomic mass is 79.9. The minimum atomic E-state index is -0.233. The van der Waals surface area contributed by atoms with Gasteiger partial charge in [-0.25, -0.2) is 4.79 Å². The van der Waals surface area contributed by atoms with Crippen LogP contribution < -0.4 is 5.69 Å². The van der Waals surface area contributed by atoms with Crippen molar-refractivity contribution in [2.75, 3.05) is 0 Å². The van der Waals surface area contributed by atoms with Crippen molar-refractivity contribution in [3.63, 3.8) is 0 Å². The topological polar surface area (TPSA) is 50.7 Å². The van der Waals surface area contributed by atoms with Crippen LogP contribution in [-0.4, -0.2) is 19.6 Å². The second-order valence-corrected chi connectivity index (χ2v) is 6.07. The average molecular weight is 361 g/mol. The van der Waals surface area contributed by atoms with Gasteiger partial charge in [-0.15, -0.1) is 5.10 Å². The summed E-state index contributed by atoms with van der Waals surface area (Å²) in [5.41, 5.74) is 0.519. The van der Waals surface area contributed by atoms with Crippen molar-refractivity contribution in [2.45, 2.75) is 16.6 Å². The molecule has 2 rings (SSSR count). The number of nitrogens with zero attached hydrogens (tertiary/aromatic N) is 2. The summed E-state index contributed by atoms with van der Waals surface area (Å²) in [6, 6.07) is 9.32. The van der Waals surface area contributed by atoms with Gasteiger partial charge in [-0.05, 0) is 12.1 Å². The highest BCUT2D eigenvalue weighted by Gasteiger charge is 2.18. The largest absolute Gasteiger partial charge is 0.348 e. The summed E-state index contributed by atoms with van der Waals surface area (Å²) >= 11 is 6.93. The van der Waals surface area contributed by atoms with Crippen molar-refractivity contribution >= 4 is 31.9 Å². The van der Waals surface area contributed by atoms with E-state index in [1.165, 1.54) is 4.68 Å². The zero-order valence-corrected chi connectivity index (χ0v) is 12.3. The first-order valence-electron chi connectivity index (χ1n) is 5.12. The Kier molecular flexibility index (Phi) is 3.83. The van der Waals surface area contributed by atoms with E-state index < -0.39 is 0 Å².